The molecule has 10 nitrogen and oxygen atoms in total. The zero-order valence-corrected chi connectivity index (χ0v) is 23.2. The summed E-state index contributed by atoms with van der Waals surface area (Å²) in [5.41, 5.74) is 1.66. The van der Waals surface area contributed by atoms with Gasteiger partial charge in [-0.3, -0.25) is 9.69 Å². The van der Waals surface area contributed by atoms with Gasteiger partial charge in [-0.05, 0) is 61.2 Å². The topological polar surface area (TPSA) is 130 Å². The second-order valence-electron chi connectivity index (χ2n) is 9.19. The summed E-state index contributed by atoms with van der Waals surface area (Å²) in [6.45, 7) is 4.31. The highest BCUT2D eigenvalue weighted by molar-refractivity contribution is 6.30. The van der Waals surface area contributed by atoms with E-state index in [9.17, 15) is 19.5 Å². The Morgan fingerprint density at radius 1 is 1.23 bits per heavy atom. The fraction of sp³-hybridized carbons (Fsp3) is 0.429. The zero-order chi connectivity index (χ0) is 28.4. The number of nitrogens with zero attached hydrogens (tertiary/aromatic N) is 2. The lowest BCUT2D eigenvalue weighted by atomic mass is 9.97. The van der Waals surface area contributed by atoms with Gasteiger partial charge >= 0.3 is 12.0 Å². The number of carboxylic acids is 1. The second-order valence-corrected chi connectivity index (χ2v) is 9.63. The second kappa shape index (κ2) is 14.4. The fourth-order valence-electron chi connectivity index (χ4n) is 4.35. The van der Waals surface area contributed by atoms with Gasteiger partial charge in [-0.25, -0.2) is 9.59 Å². The lowest BCUT2D eigenvalue weighted by molar-refractivity contribution is -0.131. The minimum absolute atomic E-state index is 0.0910. The summed E-state index contributed by atoms with van der Waals surface area (Å²) in [5.74, 6) is -1.06. The van der Waals surface area contributed by atoms with Gasteiger partial charge in [0.05, 0.1) is 31.2 Å². The number of carbonyl (C=O) groups is 3. The molecule has 2 atom stereocenters. The molecule has 11 heteroatoms. The Bertz CT molecular complexity index is 1190. The molecular weight excluding hydrogens is 524 g/mol. The average molecular weight is 559 g/mol. The van der Waals surface area contributed by atoms with Crippen LogP contribution in [0.3, 0.4) is 0 Å². The number of carboxylic acid groups (broad SMARTS) is 1. The van der Waals surface area contributed by atoms with E-state index in [1.54, 1.807) is 44.4 Å². The highest BCUT2D eigenvalue weighted by atomic mass is 35.5. The van der Waals surface area contributed by atoms with Gasteiger partial charge in [0.2, 0.25) is 5.91 Å². The molecule has 2 aromatic carbocycles. The summed E-state index contributed by atoms with van der Waals surface area (Å²) in [7, 11) is 1.55. The molecule has 0 spiro atoms. The number of amidine groups is 1. The predicted molar refractivity (Wildman–Crippen MR) is 148 cm³/mol. The lowest BCUT2D eigenvalue weighted by Gasteiger charge is -2.26. The normalized spacial score (nSPS) is 17.2. The summed E-state index contributed by atoms with van der Waals surface area (Å²) >= 11 is 6.20. The van der Waals surface area contributed by atoms with Crippen LogP contribution in [0.15, 0.2) is 47.6 Å². The van der Waals surface area contributed by atoms with Gasteiger partial charge in [-0.1, -0.05) is 48.7 Å². The monoisotopic (exact) mass is 558 g/mol. The van der Waals surface area contributed by atoms with Gasteiger partial charge in [-0.2, -0.15) is 0 Å². The quantitative estimate of drug-likeness (QED) is 0.343. The van der Waals surface area contributed by atoms with Gasteiger partial charge in [0.1, 0.15) is 12.4 Å². The Labute approximate surface area is 233 Å². The van der Waals surface area contributed by atoms with E-state index in [4.69, 9.17) is 21.2 Å². The highest BCUT2D eigenvalue weighted by Gasteiger charge is 2.35. The van der Waals surface area contributed by atoms with Crippen molar-refractivity contribution >= 4 is 35.3 Å². The Kier molecular flexibility index (Phi) is 11.0. The number of aromatic carboxylic acids is 1. The molecule has 0 radical (unpaired) electrons. The smallest absolute Gasteiger partial charge is 0.335 e. The predicted octanol–water partition coefficient (Wildman–Crippen LogP) is 4.63. The number of oxime groups is 1. The number of halogens is 1. The zero-order valence-electron chi connectivity index (χ0n) is 22.4. The number of urea groups is 1. The van der Waals surface area contributed by atoms with E-state index in [0.717, 1.165) is 28.9 Å². The molecule has 3 rings (SSSR count). The molecule has 3 amide bonds. The van der Waals surface area contributed by atoms with Crippen molar-refractivity contribution in [3.63, 3.8) is 0 Å². The van der Waals surface area contributed by atoms with Crippen LogP contribution < -0.4 is 15.4 Å². The van der Waals surface area contributed by atoms with Gasteiger partial charge in [0, 0.05) is 11.6 Å². The number of carbonyl (C=O) groups excluding carboxylic acids is 2. The first-order chi connectivity index (χ1) is 18.8. The van der Waals surface area contributed by atoms with Crippen LogP contribution in [0.5, 0.6) is 5.75 Å². The number of imide groups is 1. The summed E-state index contributed by atoms with van der Waals surface area (Å²) < 4.78 is 5.46. The molecule has 1 aliphatic rings. The maximum absolute atomic E-state index is 13.7. The Morgan fingerprint density at radius 2 is 1.97 bits per heavy atom. The first-order valence-electron chi connectivity index (χ1n) is 13.0. The fourth-order valence-corrected chi connectivity index (χ4v) is 4.55. The van der Waals surface area contributed by atoms with Gasteiger partial charge in [0.25, 0.3) is 0 Å². The van der Waals surface area contributed by atoms with E-state index in [1.165, 1.54) is 12.1 Å². The minimum Gasteiger partial charge on any atom is -0.496 e. The maximum atomic E-state index is 13.7. The SMILES string of the molecule is CCCCC(NC(=O)N1C/C(=N/OCC)NCC(Cc2cc(Cl)ccc2OC)C1=O)c1ccc(C(=O)O)cc1. The third-order valence-electron chi connectivity index (χ3n) is 6.44. The number of amides is 3. The highest BCUT2D eigenvalue weighted by Crippen LogP contribution is 2.27. The van der Waals surface area contributed by atoms with E-state index < -0.39 is 24.0 Å². The van der Waals surface area contributed by atoms with Gasteiger partial charge in [-0.15, -0.1) is 0 Å². The number of ether oxygens (including phenoxy) is 1. The van der Waals surface area contributed by atoms with Crippen molar-refractivity contribution in [2.24, 2.45) is 11.1 Å². The van der Waals surface area contributed by atoms with Crippen LogP contribution >= 0.6 is 11.6 Å². The molecule has 1 saturated heterocycles. The molecule has 1 fully saturated rings. The van der Waals surface area contributed by atoms with Crippen molar-refractivity contribution in [3.05, 3.63) is 64.2 Å². The Balaban J connectivity index is 1.88. The summed E-state index contributed by atoms with van der Waals surface area (Å²) in [5, 5.41) is 19.9. The van der Waals surface area contributed by atoms with Crippen LogP contribution in [0.25, 0.3) is 0 Å². The summed E-state index contributed by atoms with van der Waals surface area (Å²) in [6.07, 6.45) is 2.64. The van der Waals surface area contributed by atoms with E-state index >= 15 is 0 Å². The largest absolute Gasteiger partial charge is 0.496 e. The molecule has 0 aliphatic carbocycles. The van der Waals surface area contributed by atoms with Crippen LogP contribution in [0.1, 0.15) is 60.6 Å². The number of rotatable bonds is 11. The molecule has 2 aromatic rings. The summed E-state index contributed by atoms with van der Waals surface area (Å²) in [6, 6.07) is 10.6. The molecule has 1 heterocycles. The first kappa shape index (κ1) is 29.8. The Hall–Kier alpha value is -3.79. The van der Waals surface area contributed by atoms with Gasteiger partial charge in [0.15, 0.2) is 5.84 Å². The number of unbranched alkanes of at least 4 members (excludes halogenated alkanes) is 1. The van der Waals surface area contributed by atoms with Crippen molar-refractivity contribution in [2.75, 3.05) is 26.8 Å². The molecule has 2 unspecified atom stereocenters. The molecule has 210 valence electrons. The average Bonchev–Trinajstić information content (AvgIpc) is 3.08. The van der Waals surface area contributed by atoms with Crippen LogP contribution in [-0.4, -0.2) is 60.6 Å². The molecular formula is C28H35ClN4O6. The van der Waals surface area contributed by atoms with Crippen molar-refractivity contribution in [2.45, 2.75) is 45.6 Å². The molecule has 1 aliphatic heterocycles. The van der Waals surface area contributed by atoms with E-state index in [-0.39, 0.29) is 31.0 Å². The maximum Gasteiger partial charge on any atom is 0.335 e. The standard InChI is InChI=1S/C28H35ClN4O6/c1-4-6-7-23(18-8-10-19(11-9-18)27(35)36)31-28(37)33-17-25(32-39-5-2)30-16-21(26(33)34)14-20-15-22(29)12-13-24(20)38-3/h8-13,15,21,23H,4-7,14,16-17H2,1-3H3,(H,30,32)(H,31,37)(H,35,36). The van der Waals surface area contributed by atoms with Crippen LogP contribution in [-0.2, 0) is 16.1 Å². The number of hydrogen-bond acceptors (Lipinski definition) is 6. The van der Waals surface area contributed by atoms with E-state index in [0.29, 0.717) is 29.6 Å². The third-order valence-corrected chi connectivity index (χ3v) is 6.67. The van der Waals surface area contributed by atoms with E-state index in [1.807, 2.05) is 6.92 Å². The van der Waals surface area contributed by atoms with Crippen molar-refractivity contribution in [1.82, 2.24) is 15.5 Å². The lowest BCUT2D eigenvalue weighted by Crippen LogP contribution is -2.48. The molecule has 0 saturated carbocycles. The molecule has 0 aromatic heterocycles. The van der Waals surface area contributed by atoms with Crippen LogP contribution in [0.4, 0.5) is 4.79 Å². The number of hydrogen-bond donors (Lipinski definition) is 3. The number of benzene rings is 2. The van der Waals surface area contributed by atoms with Crippen molar-refractivity contribution in [1.29, 1.82) is 0 Å². The number of nitrogens with one attached hydrogen (secondary N) is 2. The molecule has 0 bridgehead atoms. The van der Waals surface area contributed by atoms with Crippen LogP contribution in [0.2, 0.25) is 5.02 Å². The van der Waals surface area contributed by atoms with E-state index in [2.05, 4.69) is 15.8 Å². The minimum atomic E-state index is -1.03. The van der Waals surface area contributed by atoms with Gasteiger partial charge < -0.3 is 25.3 Å². The third kappa shape index (κ3) is 8.10. The first-order valence-corrected chi connectivity index (χ1v) is 13.3. The number of methoxy groups -OCH3 is 1. The summed E-state index contributed by atoms with van der Waals surface area (Å²) in [4.78, 5) is 45.0. The van der Waals surface area contributed by atoms with Crippen molar-refractivity contribution in [3.8, 4) is 5.75 Å². The van der Waals surface area contributed by atoms with Crippen molar-refractivity contribution < 1.29 is 29.1 Å². The molecule has 39 heavy (non-hydrogen) atoms. The van der Waals surface area contributed by atoms with Crippen LogP contribution in [0, 0.1) is 5.92 Å². The Morgan fingerprint density at radius 3 is 2.62 bits per heavy atom. The molecule has 3 N–H and O–H groups in total.